The van der Waals surface area contributed by atoms with E-state index in [1.807, 2.05) is 58.0 Å². The zero-order valence-corrected chi connectivity index (χ0v) is 18.8. The highest BCUT2D eigenvalue weighted by Gasteiger charge is 2.39. The van der Waals surface area contributed by atoms with Crippen LogP contribution in [0.25, 0.3) is 5.57 Å². The quantitative estimate of drug-likeness (QED) is 0.482. The molecule has 0 aromatic heterocycles. The molecule has 0 aliphatic carbocycles. The number of imide groups is 1. The summed E-state index contributed by atoms with van der Waals surface area (Å²) in [5.74, 6) is -0.123. The van der Waals surface area contributed by atoms with Gasteiger partial charge in [0.15, 0.2) is 0 Å². The molecule has 0 spiro atoms. The van der Waals surface area contributed by atoms with Crippen molar-refractivity contribution in [2.45, 2.75) is 40.2 Å². The minimum Gasteiger partial charge on any atom is -0.496 e. The first-order valence-corrected chi connectivity index (χ1v) is 10.5. The average Bonchev–Trinajstić information content (AvgIpc) is 2.97. The highest BCUT2D eigenvalue weighted by Crippen LogP contribution is 2.35. The van der Waals surface area contributed by atoms with E-state index in [1.165, 1.54) is 4.90 Å². The van der Waals surface area contributed by atoms with E-state index in [9.17, 15) is 9.59 Å². The Morgan fingerprint density at radius 1 is 1.00 bits per heavy atom. The van der Waals surface area contributed by atoms with Crippen LogP contribution in [0.15, 0.2) is 48.2 Å². The number of nitrogens with one attached hydrogen (secondary N) is 1. The molecule has 2 aromatic rings. The standard InChI is InChI=1S/C25H30N2O4/c1-16(2)31-14-8-13-27-24(28)22(20-9-6-7-10-21(20)30-5)23(25(27)29)26-19-12-11-17(3)18(4)15-19/h6-7,9-12,15-16,26H,8,13-14H2,1-5H3. The minimum atomic E-state index is -0.339. The summed E-state index contributed by atoms with van der Waals surface area (Å²) in [6.45, 7) is 8.74. The molecule has 31 heavy (non-hydrogen) atoms. The lowest BCUT2D eigenvalue weighted by molar-refractivity contribution is -0.137. The summed E-state index contributed by atoms with van der Waals surface area (Å²) in [6.07, 6.45) is 0.681. The summed E-state index contributed by atoms with van der Waals surface area (Å²) in [7, 11) is 1.55. The Balaban J connectivity index is 1.97. The van der Waals surface area contributed by atoms with Gasteiger partial charge in [0.1, 0.15) is 11.4 Å². The summed E-state index contributed by atoms with van der Waals surface area (Å²) in [4.78, 5) is 27.9. The SMILES string of the molecule is COc1ccccc1C1=C(Nc2ccc(C)c(C)c2)C(=O)N(CCCOC(C)C)C1=O. The van der Waals surface area contributed by atoms with Gasteiger partial charge in [-0.25, -0.2) is 0 Å². The number of carbonyl (C=O) groups excluding carboxylic acids is 2. The van der Waals surface area contributed by atoms with Crippen LogP contribution in [-0.2, 0) is 14.3 Å². The number of anilines is 1. The summed E-state index contributed by atoms with van der Waals surface area (Å²) in [5.41, 5.74) is 4.20. The normalized spacial score (nSPS) is 14.1. The molecule has 6 nitrogen and oxygen atoms in total. The molecule has 6 heteroatoms. The highest BCUT2D eigenvalue weighted by molar-refractivity contribution is 6.37. The molecule has 0 fully saturated rings. The van der Waals surface area contributed by atoms with Gasteiger partial charge in [-0.05, 0) is 63.4 Å². The molecule has 2 aromatic carbocycles. The Kier molecular flexibility index (Phi) is 7.13. The van der Waals surface area contributed by atoms with Crippen LogP contribution in [0, 0.1) is 13.8 Å². The van der Waals surface area contributed by atoms with E-state index in [0.29, 0.717) is 36.5 Å². The predicted octanol–water partition coefficient (Wildman–Crippen LogP) is 4.32. The Morgan fingerprint density at radius 3 is 2.42 bits per heavy atom. The number of ether oxygens (including phenoxy) is 2. The smallest absolute Gasteiger partial charge is 0.278 e. The molecule has 0 saturated heterocycles. The first kappa shape index (κ1) is 22.6. The van der Waals surface area contributed by atoms with Crippen molar-refractivity contribution in [1.82, 2.24) is 4.90 Å². The molecule has 0 saturated carbocycles. The van der Waals surface area contributed by atoms with E-state index in [-0.39, 0.29) is 23.6 Å². The van der Waals surface area contributed by atoms with Crippen molar-refractivity contribution in [3.05, 3.63) is 64.9 Å². The summed E-state index contributed by atoms with van der Waals surface area (Å²) >= 11 is 0. The molecule has 1 aliphatic heterocycles. The van der Waals surface area contributed by atoms with Gasteiger partial charge in [0, 0.05) is 24.4 Å². The van der Waals surface area contributed by atoms with Gasteiger partial charge >= 0.3 is 0 Å². The average molecular weight is 423 g/mol. The van der Waals surface area contributed by atoms with E-state index in [2.05, 4.69) is 5.32 Å². The van der Waals surface area contributed by atoms with Crippen LogP contribution in [0.3, 0.4) is 0 Å². The monoisotopic (exact) mass is 422 g/mol. The third-order valence-corrected chi connectivity index (χ3v) is 5.30. The molecule has 0 atom stereocenters. The van der Waals surface area contributed by atoms with Crippen molar-refractivity contribution in [3.8, 4) is 5.75 Å². The lowest BCUT2D eigenvalue weighted by Crippen LogP contribution is -2.34. The maximum absolute atomic E-state index is 13.3. The van der Waals surface area contributed by atoms with Crippen LogP contribution >= 0.6 is 0 Å². The van der Waals surface area contributed by atoms with Gasteiger partial charge in [0.25, 0.3) is 11.8 Å². The maximum Gasteiger partial charge on any atom is 0.278 e. The van der Waals surface area contributed by atoms with E-state index in [1.54, 1.807) is 19.2 Å². The Labute approximate surface area is 183 Å². The largest absolute Gasteiger partial charge is 0.496 e. The molecular formula is C25H30N2O4. The van der Waals surface area contributed by atoms with Crippen molar-refractivity contribution in [1.29, 1.82) is 0 Å². The van der Waals surface area contributed by atoms with Crippen molar-refractivity contribution in [2.24, 2.45) is 0 Å². The number of hydrogen-bond acceptors (Lipinski definition) is 5. The zero-order valence-electron chi connectivity index (χ0n) is 18.8. The summed E-state index contributed by atoms with van der Waals surface area (Å²) in [6, 6.07) is 13.1. The molecule has 0 radical (unpaired) electrons. The molecule has 1 N–H and O–H groups in total. The van der Waals surface area contributed by atoms with Gasteiger partial charge in [-0.1, -0.05) is 24.3 Å². The van der Waals surface area contributed by atoms with Gasteiger partial charge in [-0.3, -0.25) is 14.5 Å². The number of aryl methyl sites for hydroxylation is 2. The fourth-order valence-corrected chi connectivity index (χ4v) is 3.50. The number of amides is 2. The van der Waals surface area contributed by atoms with Crippen LogP contribution in [-0.4, -0.2) is 43.1 Å². The van der Waals surface area contributed by atoms with Crippen molar-refractivity contribution in [2.75, 3.05) is 25.6 Å². The first-order valence-electron chi connectivity index (χ1n) is 10.5. The van der Waals surface area contributed by atoms with Crippen LogP contribution in [0.1, 0.15) is 37.0 Å². The molecule has 0 bridgehead atoms. The number of benzene rings is 2. The van der Waals surface area contributed by atoms with E-state index >= 15 is 0 Å². The first-order chi connectivity index (χ1) is 14.8. The van der Waals surface area contributed by atoms with E-state index < -0.39 is 0 Å². The van der Waals surface area contributed by atoms with Gasteiger partial charge in [0.2, 0.25) is 0 Å². The molecule has 1 aliphatic rings. The Hall–Kier alpha value is -3.12. The van der Waals surface area contributed by atoms with Crippen LogP contribution < -0.4 is 10.1 Å². The Morgan fingerprint density at radius 2 is 1.74 bits per heavy atom. The number of methoxy groups -OCH3 is 1. The van der Waals surface area contributed by atoms with Crippen LogP contribution in [0.4, 0.5) is 5.69 Å². The lowest BCUT2D eigenvalue weighted by atomic mass is 10.0. The zero-order chi connectivity index (χ0) is 22.5. The number of para-hydroxylation sites is 1. The van der Waals surface area contributed by atoms with E-state index in [0.717, 1.165) is 16.8 Å². The molecule has 2 amide bonds. The lowest BCUT2D eigenvalue weighted by Gasteiger charge is -2.16. The second-order valence-electron chi connectivity index (χ2n) is 7.91. The molecular weight excluding hydrogens is 392 g/mol. The van der Waals surface area contributed by atoms with Gasteiger partial charge in [-0.2, -0.15) is 0 Å². The molecule has 3 rings (SSSR count). The summed E-state index contributed by atoms with van der Waals surface area (Å²) < 4.78 is 11.0. The summed E-state index contributed by atoms with van der Waals surface area (Å²) in [5, 5.41) is 3.21. The van der Waals surface area contributed by atoms with Crippen molar-refractivity contribution >= 4 is 23.1 Å². The minimum absolute atomic E-state index is 0.106. The number of carbonyl (C=O) groups is 2. The second-order valence-corrected chi connectivity index (χ2v) is 7.91. The maximum atomic E-state index is 13.3. The Bertz CT molecular complexity index is 1010. The molecule has 164 valence electrons. The number of nitrogens with zero attached hydrogens (tertiary/aromatic N) is 1. The third kappa shape index (κ3) is 4.97. The number of hydrogen-bond donors (Lipinski definition) is 1. The van der Waals surface area contributed by atoms with Gasteiger partial charge in [0.05, 0.1) is 18.8 Å². The van der Waals surface area contributed by atoms with Gasteiger partial charge < -0.3 is 14.8 Å². The third-order valence-electron chi connectivity index (χ3n) is 5.30. The fourth-order valence-electron chi connectivity index (χ4n) is 3.50. The molecule has 0 unspecified atom stereocenters. The van der Waals surface area contributed by atoms with Crippen molar-refractivity contribution in [3.63, 3.8) is 0 Å². The number of rotatable bonds is 9. The van der Waals surface area contributed by atoms with Gasteiger partial charge in [-0.15, -0.1) is 0 Å². The van der Waals surface area contributed by atoms with Crippen molar-refractivity contribution < 1.29 is 19.1 Å². The van der Waals surface area contributed by atoms with E-state index in [4.69, 9.17) is 9.47 Å². The molecule has 1 heterocycles. The fraction of sp³-hybridized carbons (Fsp3) is 0.360. The highest BCUT2D eigenvalue weighted by atomic mass is 16.5. The second kappa shape index (κ2) is 9.79. The predicted molar refractivity (Wildman–Crippen MR) is 122 cm³/mol. The topological polar surface area (TPSA) is 67.9 Å². The van der Waals surface area contributed by atoms with Crippen LogP contribution in [0.5, 0.6) is 5.75 Å². The van der Waals surface area contributed by atoms with Crippen LogP contribution in [0.2, 0.25) is 0 Å².